The highest BCUT2D eigenvalue weighted by atomic mass is 14.9. The Balaban J connectivity index is 1.02. The predicted octanol–water partition coefficient (Wildman–Crippen LogP) is 13.2. The maximum Gasteiger partial charge on any atom is 0.136 e. The Hall–Kier alpha value is -7.62. The highest BCUT2D eigenvalue weighted by molar-refractivity contribution is 5.92. The molecule has 1 aliphatic heterocycles. The van der Waals surface area contributed by atoms with E-state index in [-0.39, 0.29) is 12.0 Å². The van der Waals surface area contributed by atoms with Gasteiger partial charge in [-0.15, -0.1) is 0 Å². The Bertz CT molecular complexity index is 3150. The van der Waals surface area contributed by atoms with Gasteiger partial charge in [-0.25, -0.2) is 9.97 Å². The SMILES string of the molecule is C1=CC(c2nc(-c3ccc(-c4ccccc4)cc3)cc(-c3cccc(-c4cc5c(c6c4=CCCC=6)C(c4ccccc4)=CC(c4ccccc4)N5)c3)n2)CC=C1c1ccccc1. The van der Waals surface area contributed by atoms with Crippen molar-refractivity contribution >= 4 is 29.0 Å². The van der Waals surface area contributed by atoms with Crippen LogP contribution in [0.3, 0.4) is 0 Å². The molecule has 3 heteroatoms. The van der Waals surface area contributed by atoms with Crippen LogP contribution in [-0.2, 0) is 0 Å². The largest absolute Gasteiger partial charge is 0.374 e. The van der Waals surface area contributed by atoms with Gasteiger partial charge >= 0.3 is 0 Å². The molecule has 0 fully saturated rings. The standard InChI is InChI=1S/C59H45N3/c1-5-16-40(17-6-1)42-28-32-46(33-29-42)55-39-56(62-59(61-55)47-34-30-43(31-35-47)41-18-7-2-8-19-41)49-25-15-24-48(36-49)52-37-57-58(51-27-14-13-26-50(51)52)53(44-20-9-3-10-21-44)38-54(60-57)45-22-11-4-12-23-45/h1-12,15-34,36-39,47,54,60H,13-14,35H2. The molecule has 3 nitrogen and oxygen atoms in total. The molecule has 0 radical (unpaired) electrons. The lowest BCUT2D eigenvalue weighted by Gasteiger charge is -2.29. The number of allylic oxidation sites excluding steroid dienone is 4. The zero-order valence-corrected chi connectivity index (χ0v) is 34.5. The van der Waals surface area contributed by atoms with Gasteiger partial charge in [0, 0.05) is 28.3 Å². The summed E-state index contributed by atoms with van der Waals surface area (Å²) in [6.45, 7) is 0. The van der Waals surface area contributed by atoms with Crippen molar-refractivity contribution in [1.82, 2.24) is 9.97 Å². The number of aromatic nitrogens is 2. The Morgan fingerprint density at radius 1 is 0.468 bits per heavy atom. The van der Waals surface area contributed by atoms with Crippen LogP contribution in [0.4, 0.5) is 5.69 Å². The van der Waals surface area contributed by atoms with Gasteiger partial charge < -0.3 is 5.32 Å². The van der Waals surface area contributed by atoms with Crippen LogP contribution in [0.15, 0.2) is 206 Å². The van der Waals surface area contributed by atoms with Crippen LogP contribution < -0.4 is 15.8 Å². The summed E-state index contributed by atoms with van der Waals surface area (Å²) in [6, 6.07) is 65.1. The monoisotopic (exact) mass is 795 g/mol. The molecule has 2 atom stereocenters. The number of hydrogen-bond donors (Lipinski definition) is 1. The summed E-state index contributed by atoms with van der Waals surface area (Å²) in [4.78, 5) is 10.7. The van der Waals surface area contributed by atoms with E-state index in [1.165, 1.54) is 66.1 Å². The summed E-state index contributed by atoms with van der Waals surface area (Å²) < 4.78 is 0. The summed E-state index contributed by atoms with van der Waals surface area (Å²) in [7, 11) is 0. The first-order chi connectivity index (χ1) is 30.7. The lowest BCUT2D eigenvalue weighted by molar-refractivity contribution is 0.777. The van der Waals surface area contributed by atoms with E-state index >= 15 is 0 Å². The fraction of sp³-hybridized carbons (Fsp3) is 0.0847. The third-order valence-corrected chi connectivity index (χ3v) is 12.5. The summed E-state index contributed by atoms with van der Waals surface area (Å²) in [5.74, 6) is 0.890. The van der Waals surface area contributed by atoms with E-state index < -0.39 is 0 Å². The van der Waals surface area contributed by atoms with Gasteiger partial charge in [-0.05, 0) is 104 Å². The Kier molecular flexibility index (Phi) is 9.91. The van der Waals surface area contributed by atoms with Crippen molar-refractivity contribution in [3.8, 4) is 44.8 Å². The molecule has 1 N–H and O–H groups in total. The number of rotatable bonds is 8. The van der Waals surface area contributed by atoms with E-state index in [1.807, 2.05) is 0 Å². The van der Waals surface area contributed by atoms with Crippen LogP contribution in [0.2, 0.25) is 0 Å². The molecule has 7 aromatic carbocycles. The third kappa shape index (κ3) is 7.33. The van der Waals surface area contributed by atoms with E-state index in [1.54, 1.807) is 0 Å². The van der Waals surface area contributed by atoms with Gasteiger partial charge in [0.2, 0.25) is 0 Å². The number of anilines is 1. The summed E-state index contributed by atoms with van der Waals surface area (Å²) >= 11 is 0. The normalized spacial score (nSPS) is 16.4. The van der Waals surface area contributed by atoms with Crippen molar-refractivity contribution in [3.63, 3.8) is 0 Å². The summed E-state index contributed by atoms with van der Waals surface area (Å²) in [5, 5.41) is 6.58. The number of hydrogen-bond acceptors (Lipinski definition) is 3. The highest BCUT2D eigenvalue weighted by Crippen LogP contribution is 2.39. The van der Waals surface area contributed by atoms with Crippen molar-refractivity contribution in [1.29, 1.82) is 0 Å². The molecule has 0 amide bonds. The Morgan fingerprint density at radius 3 is 1.74 bits per heavy atom. The minimum Gasteiger partial charge on any atom is -0.374 e. The second-order valence-corrected chi connectivity index (χ2v) is 16.4. The van der Waals surface area contributed by atoms with E-state index in [4.69, 9.17) is 9.97 Å². The number of nitrogens with zero attached hydrogens (tertiary/aromatic N) is 2. The van der Waals surface area contributed by atoms with Gasteiger partial charge in [-0.1, -0.05) is 194 Å². The van der Waals surface area contributed by atoms with Crippen LogP contribution in [0, 0.1) is 0 Å². The quantitative estimate of drug-likeness (QED) is 0.166. The van der Waals surface area contributed by atoms with Crippen LogP contribution in [0.5, 0.6) is 0 Å². The lowest BCUT2D eigenvalue weighted by atomic mass is 9.84. The maximum absolute atomic E-state index is 5.37. The molecule has 1 aromatic heterocycles. The summed E-state index contributed by atoms with van der Waals surface area (Å²) in [6.07, 6.45) is 17.0. The molecule has 0 saturated carbocycles. The van der Waals surface area contributed by atoms with Crippen molar-refractivity contribution in [2.45, 2.75) is 31.2 Å². The number of nitrogens with one attached hydrogen (secondary N) is 1. The molecule has 8 aromatic rings. The van der Waals surface area contributed by atoms with Crippen molar-refractivity contribution in [3.05, 3.63) is 245 Å². The predicted molar refractivity (Wildman–Crippen MR) is 258 cm³/mol. The fourth-order valence-electron chi connectivity index (χ4n) is 9.30. The Labute approximate surface area is 363 Å². The van der Waals surface area contributed by atoms with Crippen LogP contribution in [0.1, 0.15) is 59.3 Å². The molecule has 0 saturated heterocycles. The zero-order valence-electron chi connectivity index (χ0n) is 34.5. The van der Waals surface area contributed by atoms with Crippen molar-refractivity contribution < 1.29 is 0 Å². The highest BCUT2D eigenvalue weighted by Gasteiger charge is 2.25. The molecular formula is C59H45N3. The molecule has 2 aliphatic carbocycles. The molecule has 3 aliphatic rings. The topological polar surface area (TPSA) is 37.8 Å². The smallest absolute Gasteiger partial charge is 0.136 e. The van der Waals surface area contributed by atoms with E-state index in [9.17, 15) is 0 Å². The van der Waals surface area contributed by atoms with Crippen LogP contribution in [-0.4, -0.2) is 9.97 Å². The van der Waals surface area contributed by atoms with Gasteiger partial charge in [0.1, 0.15) is 5.82 Å². The second kappa shape index (κ2) is 16.4. The molecule has 11 rings (SSSR count). The fourth-order valence-corrected chi connectivity index (χ4v) is 9.30. The molecule has 0 bridgehead atoms. The van der Waals surface area contributed by atoms with Gasteiger partial charge in [-0.2, -0.15) is 0 Å². The van der Waals surface area contributed by atoms with E-state index in [2.05, 4.69) is 224 Å². The van der Waals surface area contributed by atoms with Crippen LogP contribution in [0.25, 0.3) is 68.1 Å². The molecule has 2 heterocycles. The second-order valence-electron chi connectivity index (χ2n) is 16.4. The minimum absolute atomic E-state index is 0.0378. The zero-order chi connectivity index (χ0) is 41.2. The maximum atomic E-state index is 5.37. The number of fused-ring (bicyclic) bond motifs is 3. The van der Waals surface area contributed by atoms with Crippen molar-refractivity contribution in [2.75, 3.05) is 5.32 Å². The first-order valence-electron chi connectivity index (χ1n) is 21.8. The van der Waals surface area contributed by atoms with Gasteiger partial charge in [0.05, 0.1) is 17.4 Å². The summed E-state index contributed by atoms with van der Waals surface area (Å²) in [5.41, 5.74) is 17.4. The first kappa shape index (κ1) is 37.4. The van der Waals surface area contributed by atoms with E-state index in [0.29, 0.717) is 0 Å². The van der Waals surface area contributed by atoms with Gasteiger partial charge in [-0.3, -0.25) is 0 Å². The van der Waals surface area contributed by atoms with Crippen LogP contribution >= 0.6 is 0 Å². The average molecular weight is 796 g/mol. The third-order valence-electron chi connectivity index (χ3n) is 12.5. The molecule has 0 spiro atoms. The van der Waals surface area contributed by atoms with Gasteiger partial charge in [0.15, 0.2) is 0 Å². The molecule has 296 valence electrons. The lowest BCUT2D eigenvalue weighted by Crippen LogP contribution is -2.35. The van der Waals surface area contributed by atoms with Gasteiger partial charge in [0.25, 0.3) is 0 Å². The first-order valence-corrected chi connectivity index (χ1v) is 21.8. The van der Waals surface area contributed by atoms with Crippen molar-refractivity contribution in [2.24, 2.45) is 0 Å². The number of benzene rings is 7. The average Bonchev–Trinajstić information content (AvgIpc) is 3.37. The Morgan fingerprint density at radius 2 is 1.05 bits per heavy atom. The minimum atomic E-state index is 0.0378. The van der Waals surface area contributed by atoms with E-state index in [0.717, 1.165) is 53.3 Å². The molecule has 2 unspecified atom stereocenters. The molecule has 62 heavy (non-hydrogen) atoms. The molecular weight excluding hydrogens is 751 g/mol.